The summed E-state index contributed by atoms with van der Waals surface area (Å²) < 4.78 is 36.9. The molecule has 2 unspecified atom stereocenters. The first-order valence-corrected chi connectivity index (χ1v) is 4.44. The molecule has 0 radical (unpaired) electrons. The molecule has 0 aliphatic heterocycles. The zero-order valence-corrected chi connectivity index (χ0v) is 8.15. The van der Waals surface area contributed by atoms with Gasteiger partial charge in [-0.2, -0.15) is 13.2 Å². The lowest BCUT2D eigenvalue weighted by Crippen LogP contribution is -2.27. The van der Waals surface area contributed by atoms with Crippen molar-refractivity contribution >= 4 is 0 Å². The van der Waals surface area contributed by atoms with Crippen molar-refractivity contribution in [1.82, 2.24) is 4.98 Å². The molecule has 0 fully saturated rings. The summed E-state index contributed by atoms with van der Waals surface area (Å²) in [6.07, 6.45) is -5.62. The molecule has 1 aromatic rings. The third-order valence-corrected chi connectivity index (χ3v) is 2.03. The Morgan fingerprint density at radius 1 is 1.31 bits per heavy atom. The molecule has 0 spiro atoms. The van der Waals surface area contributed by atoms with E-state index in [2.05, 4.69) is 4.98 Å². The second-order valence-corrected chi connectivity index (χ2v) is 3.25. The Hall–Kier alpha value is -1.18. The predicted octanol–water partition coefficient (Wildman–Crippen LogP) is 0.453. The molecule has 90 valence electrons. The number of pyridine rings is 1. The molecule has 0 bridgehead atoms. The Morgan fingerprint density at radius 3 is 2.44 bits per heavy atom. The normalized spacial score (nSPS) is 15.9. The van der Waals surface area contributed by atoms with Gasteiger partial charge in [0.25, 0.3) is 0 Å². The van der Waals surface area contributed by atoms with Gasteiger partial charge in [-0.05, 0) is 6.07 Å². The Balaban J connectivity index is 2.99. The van der Waals surface area contributed by atoms with E-state index in [9.17, 15) is 23.4 Å². The predicted molar refractivity (Wildman–Crippen MR) is 49.3 cm³/mol. The first-order chi connectivity index (χ1) is 7.36. The molecule has 16 heavy (non-hydrogen) atoms. The van der Waals surface area contributed by atoms with E-state index in [1.54, 1.807) is 0 Å². The largest absolute Gasteiger partial charge is 0.417 e. The maximum atomic E-state index is 12.3. The molecule has 4 nitrogen and oxygen atoms in total. The average molecular weight is 236 g/mol. The van der Waals surface area contributed by atoms with Gasteiger partial charge in [-0.3, -0.25) is 4.98 Å². The summed E-state index contributed by atoms with van der Waals surface area (Å²) >= 11 is 0. The van der Waals surface area contributed by atoms with Crippen molar-refractivity contribution in [2.45, 2.75) is 18.4 Å². The lowest BCUT2D eigenvalue weighted by molar-refractivity contribution is -0.138. The van der Waals surface area contributed by atoms with Gasteiger partial charge < -0.3 is 15.9 Å². The van der Waals surface area contributed by atoms with E-state index in [0.29, 0.717) is 6.20 Å². The molecule has 1 aromatic heterocycles. The first-order valence-electron chi connectivity index (χ1n) is 4.44. The van der Waals surface area contributed by atoms with Crippen molar-refractivity contribution in [3.8, 4) is 0 Å². The van der Waals surface area contributed by atoms with Crippen LogP contribution in [0.3, 0.4) is 0 Å². The van der Waals surface area contributed by atoms with Crippen LogP contribution in [0.2, 0.25) is 0 Å². The number of aromatic nitrogens is 1. The van der Waals surface area contributed by atoms with Gasteiger partial charge in [0.15, 0.2) is 0 Å². The number of aliphatic hydroxyl groups is 2. The molecular formula is C9H11F3N2O2. The highest BCUT2D eigenvalue weighted by atomic mass is 19.4. The topological polar surface area (TPSA) is 79.4 Å². The highest BCUT2D eigenvalue weighted by Gasteiger charge is 2.32. The van der Waals surface area contributed by atoms with E-state index in [1.165, 1.54) is 0 Å². The summed E-state index contributed by atoms with van der Waals surface area (Å²) in [5.74, 6) is 0. The molecule has 1 rings (SSSR count). The Bertz CT molecular complexity index is 357. The minimum atomic E-state index is -4.53. The molecule has 0 aliphatic carbocycles. The number of rotatable bonds is 3. The smallest absolute Gasteiger partial charge is 0.389 e. The highest BCUT2D eigenvalue weighted by Crippen LogP contribution is 2.30. The molecule has 1 heterocycles. The lowest BCUT2D eigenvalue weighted by Gasteiger charge is -2.17. The fourth-order valence-electron chi connectivity index (χ4n) is 1.13. The zero-order chi connectivity index (χ0) is 12.3. The van der Waals surface area contributed by atoms with Crippen LogP contribution in [0.5, 0.6) is 0 Å². The van der Waals surface area contributed by atoms with Gasteiger partial charge in [0.2, 0.25) is 0 Å². The van der Waals surface area contributed by atoms with Gasteiger partial charge in [0.1, 0.15) is 6.10 Å². The minimum Gasteiger partial charge on any atom is -0.389 e. The molecular weight excluding hydrogens is 225 g/mol. The van der Waals surface area contributed by atoms with Crippen molar-refractivity contribution < 1.29 is 23.4 Å². The number of aliphatic hydroxyl groups excluding tert-OH is 2. The fraction of sp³-hybridized carbons (Fsp3) is 0.444. The number of hydrogen-bond donors (Lipinski definition) is 3. The van der Waals surface area contributed by atoms with Crippen LogP contribution in [0.1, 0.15) is 17.2 Å². The van der Waals surface area contributed by atoms with Crippen LogP contribution in [-0.4, -0.2) is 27.8 Å². The SMILES string of the molecule is NCC(O)C(O)c1cncc(C(F)(F)F)c1. The van der Waals surface area contributed by atoms with Gasteiger partial charge in [-0.25, -0.2) is 0 Å². The van der Waals surface area contributed by atoms with Crippen molar-refractivity contribution in [2.24, 2.45) is 5.73 Å². The van der Waals surface area contributed by atoms with Crippen molar-refractivity contribution in [2.75, 3.05) is 6.54 Å². The van der Waals surface area contributed by atoms with E-state index >= 15 is 0 Å². The van der Waals surface area contributed by atoms with Crippen molar-refractivity contribution in [3.63, 3.8) is 0 Å². The molecule has 7 heteroatoms. The van der Waals surface area contributed by atoms with E-state index in [1.807, 2.05) is 0 Å². The molecule has 0 saturated carbocycles. The fourth-order valence-corrected chi connectivity index (χ4v) is 1.13. The highest BCUT2D eigenvalue weighted by molar-refractivity contribution is 5.23. The number of nitrogens with zero attached hydrogens (tertiary/aromatic N) is 1. The maximum Gasteiger partial charge on any atom is 0.417 e. The molecule has 0 aliphatic rings. The molecule has 0 saturated heterocycles. The van der Waals surface area contributed by atoms with Crippen molar-refractivity contribution in [1.29, 1.82) is 0 Å². The monoisotopic (exact) mass is 236 g/mol. The van der Waals surface area contributed by atoms with E-state index in [4.69, 9.17) is 5.73 Å². The van der Waals surface area contributed by atoms with Gasteiger partial charge in [0.05, 0.1) is 11.7 Å². The minimum absolute atomic E-state index is 0.118. The standard InChI is InChI=1S/C9H11F3N2O2/c10-9(11,12)6-1-5(3-14-4-6)8(16)7(15)2-13/h1,3-4,7-8,15-16H,2,13H2. The van der Waals surface area contributed by atoms with Crippen LogP contribution in [0.4, 0.5) is 13.2 Å². The van der Waals surface area contributed by atoms with E-state index in [0.717, 1.165) is 12.3 Å². The molecule has 4 N–H and O–H groups in total. The van der Waals surface area contributed by atoms with Crippen LogP contribution in [0, 0.1) is 0 Å². The summed E-state index contributed by atoms with van der Waals surface area (Å²) in [5.41, 5.74) is 3.99. The Kier molecular flexibility index (Phi) is 3.84. The number of halogens is 3. The van der Waals surface area contributed by atoms with Crippen LogP contribution >= 0.6 is 0 Å². The van der Waals surface area contributed by atoms with Crippen molar-refractivity contribution in [3.05, 3.63) is 29.6 Å². The van der Waals surface area contributed by atoms with Crippen LogP contribution < -0.4 is 5.73 Å². The number of alkyl halides is 3. The third-order valence-electron chi connectivity index (χ3n) is 2.03. The summed E-state index contributed by atoms with van der Waals surface area (Å²) in [4.78, 5) is 3.36. The average Bonchev–Trinajstić information content (AvgIpc) is 2.26. The summed E-state index contributed by atoms with van der Waals surface area (Å²) in [5, 5.41) is 18.6. The molecule has 0 aromatic carbocycles. The quantitative estimate of drug-likeness (QED) is 0.712. The van der Waals surface area contributed by atoms with Crippen LogP contribution in [0.15, 0.2) is 18.5 Å². The van der Waals surface area contributed by atoms with Crippen LogP contribution in [0.25, 0.3) is 0 Å². The molecule has 0 amide bonds. The van der Waals surface area contributed by atoms with Crippen LogP contribution in [-0.2, 0) is 6.18 Å². The summed E-state index contributed by atoms with van der Waals surface area (Å²) in [6, 6.07) is 0.733. The van der Waals surface area contributed by atoms with E-state index < -0.39 is 23.9 Å². The van der Waals surface area contributed by atoms with E-state index in [-0.39, 0.29) is 12.1 Å². The Labute approximate surface area is 89.5 Å². The maximum absolute atomic E-state index is 12.3. The molecule has 2 atom stereocenters. The second kappa shape index (κ2) is 4.77. The first kappa shape index (κ1) is 12.9. The zero-order valence-electron chi connectivity index (χ0n) is 8.15. The van der Waals surface area contributed by atoms with Gasteiger partial charge in [-0.15, -0.1) is 0 Å². The van der Waals surface area contributed by atoms with Gasteiger partial charge >= 0.3 is 6.18 Å². The second-order valence-electron chi connectivity index (χ2n) is 3.25. The summed E-state index contributed by atoms with van der Waals surface area (Å²) in [6.45, 7) is -0.253. The Morgan fingerprint density at radius 2 is 1.94 bits per heavy atom. The van der Waals surface area contributed by atoms with Gasteiger partial charge in [-0.1, -0.05) is 0 Å². The lowest BCUT2D eigenvalue weighted by atomic mass is 10.0. The number of nitrogens with two attached hydrogens (primary N) is 1. The summed E-state index contributed by atoms with van der Waals surface area (Å²) in [7, 11) is 0. The van der Waals surface area contributed by atoms with Gasteiger partial charge in [0, 0.05) is 24.5 Å². The third kappa shape index (κ3) is 2.91. The number of hydrogen-bond acceptors (Lipinski definition) is 4.